The minimum atomic E-state index is 0.0728. The molecule has 2 atom stereocenters. The summed E-state index contributed by atoms with van der Waals surface area (Å²) in [7, 11) is 0. The highest BCUT2D eigenvalue weighted by Gasteiger charge is 2.28. The van der Waals surface area contributed by atoms with Crippen molar-refractivity contribution in [2.24, 2.45) is 0 Å². The van der Waals surface area contributed by atoms with Gasteiger partial charge in [-0.05, 0) is 48.4 Å². The average Bonchev–Trinajstić information content (AvgIpc) is 3.16. The number of pyridine rings is 1. The van der Waals surface area contributed by atoms with Gasteiger partial charge in [0.05, 0.1) is 6.10 Å². The molecule has 1 aliphatic heterocycles. The Kier molecular flexibility index (Phi) is 4.46. The lowest BCUT2D eigenvalue weighted by atomic mass is 10.1. The third kappa shape index (κ3) is 3.55. The van der Waals surface area contributed by atoms with E-state index in [9.17, 15) is 0 Å². The molecule has 128 valence electrons. The zero-order chi connectivity index (χ0) is 17.2. The molecule has 1 aliphatic rings. The van der Waals surface area contributed by atoms with Crippen molar-refractivity contribution in [3.8, 4) is 11.5 Å². The van der Waals surface area contributed by atoms with Gasteiger partial charge in [-0.15, -0.1) is 0 Å². The van der Waals surface area contributed by atoms with E-state index in [1.807, 2.05) is 31.2 Å². The van der Waals surface area contributed by atoms with E-state index in [0.29, 0.717) is 5.82 Å². The Bertz CT molecular complexity index is 838. The molecule has 0 spiro atoms. The van der Waals surface area contributed by atoms with E-state index in [1.54, 1.807) is 17.5 Å². The maximum absolute atomic E-state index is 6.14. The van der Waals surface area contributed by atoms with Crippen molar-refractivity contribution >= 4 is 17.2 Å². The molecule has 3 aromatic rings. The van der Waals surface area contributed by atoms with Crippen LogP contribution in [-0.2, 0) is 4.74 Å². The summed E-state index contributed by atoms with van der Waals surface area (Å²) < 4.78 is 6.14. The van der Waals surface area contributed by atoms with Crippen molar-refractivity contribution in [3.05, 3.63) is 58.5 Å². The van der Waals surface area contributed by atoms with Gasteiger partial charge in [0.1, 0.15) is 17.6 Å². The summed E-state index contributed by atoms with van der Waals surface area (Å²) in [6.07, 6.45) is 1.99. The summed E-state index contributed by atoms with van der Waals surface area (Å²) in [5.74, 6) is 1.60. The van der Waals surface area contributed by atoms with Gasteiger partial charge in [-0.3, -0.25) is 4.98 Å². The van der Waals surface area contributed by atoms with Gasteiger partial charge in [0, 0.05) is 31.0 Å². The first-order valence-corrected chi connectivity index (χ1v) is 9.33. The van der Waals surface area contributed by atoms with Crippen molar-refractivity contribution in [2.45, 2.75) is 26.1 Å². The molecule has 0 saturated carbocycles. The third-order valence-corrected chi connectivity index (χ3v) is 4.94. The predicted octanol–water partition coefficient (Wildman–Crippen LogP) is 3.87. The summed E-state index contributed by atoms with van der Waals surface area (Å²) >= 11 is 1.70. The Labute approximate surface area is 151 Å². The van der Waals surface area contributed by atoms with E-state index in [0.717, 1.165) is 30.3 Å². The number of morpholine rings is 1. The van der Waals surface area contributed by atoms with E-state index in [-0.39, 0.29) is 12.2 Å². The Hall–Kier alpha value is -2.31. The van der Waals surface area contributed by atoms with Crippen LogP contribution in [0.25, 0.3) is 11.5 Å². The number of anilines is 1. The number of aryl methyl sites for hydroxylation is 1. The molecule has 0 aromatic carbocycles. The highest BCUT2D eigenvalue weighted by molar-refractivity contribution is 7.07. The zero-order valence-corrected chi connectivity index (χ0v) is 15.1. The molecule has 4 heterocycles. The number of hydrogen-bond acceptors (Lipinski definition) is 6. The molecule has 2 unspecified atom stereocenters. The topological polar surface area (TPSA) is 51.1 Å². The van der Waals surface area contributed by atoms with E-state index in [4.69, 9.17) is 9.72 Å². The molecule has 4 rings (SSSR count). The molecule has 3 aromatic heterocycles. The maximum Gasteiger partial charge on any atom is 0.180 e. The normalized spacial score (nSPS) is 20.6. The highest BCUT2D eigenvalue weighted by Crippen LogP contribution is 2.30. The number of thiophene rings is 1. The molecule has 1 saturated heterocycles. The van der Waals surface area contributed by atoms with Crippen LogP contribution in [0.4, 0.5) is 5.82 Å². The van der Waals surface area contributed by atoms with Gasteiger partial charge in [0.25, 0.3) is 0 Å². The number of aromatic nitrogens is 3. The lowest BCUT2D eigenvalue weighted by molar-refractivity contribution is -0.0174. The molecule has 0 radical (unpaired) electrons. The first-order chi connectivity index (χ1) is 12.2. The fourth-order valence-corrected chi connectivity index (χ4v) is 3.81. The van der Waals surface area contributed by atoms with Gasteiger partial charge < -0.3 is 9.64 Å². The largest absolute Gasteiger partial charge is 0.367 e. The monoisotopic (exact) mass is 352 g/mol. The van der Waals surface area contributed by atoms with Gasteiger partial charge in [-0.2, -0.15) is 11.3 Å². The lowest BCUT2D eigenvalue weighted by Crippen LogP contribution is -2.43. The van der Waals surface area contributed by atoms with Gasteiger partial charge in [-0.1, -0.05) is 6.07 Å². The van der Waals surface area contributed by atoms with Crippen LogP contribution in [0.3, 0.4) is 0 Å². The van der Waals surface area contributed by atoms with Crippen LogP contribution in [-0.4, -0.2) is 34.1 Å². The second-order valence-electron chi connectivity index (χ2n) is 6.30. The van der Waals surface area contributed by atoms with E-state index < -0.39 is 0 Å². The van der Waals surface area contributed by atoms with Crippen LogP contribution in [0, 0.1) is 6.92 Å². The van der Waals surface area contributed by atoms with Crippen LogP contribution in [0.15, 0.2) is 47.3 Å². The summed E-state index contributed by atoms with van der Waals surface area (Å²) in [6, 6.07) is 9.96. The summed E-state index contributed by atoms with van der Waals surface area (Å²) in [4.78, 5) is 16.0. The van der Waals surface area contributed by atoms with E-state index in [2.05, 4.69) is 38.6 Å². The fourth-order valence-electron chi connectivity index (χ4n) is 3.10. The second-order valence-corrected chi connectivity index (χ2v) is 7.08. The van der Waals surface area contributed by atoms with Crippen LogP contribution in [0.2, 0.25) is 0 Å². The minimum Gasteiger partial charge on any atom is -0.367 e. The number of hydrogen-bond donors (Lipinski definition) is 0. The van der Waals surface area contributed by atoms with Crippen LogP contribution in [0.1, 0.15) is 24.3 Å². The smallest absolute Gasteiger partial charge is 0.180 e. The molecule has 0 N–H and O–H groups in total. The van der Waals surface area contributed by atoms with Crippen molar-refractivity contribution in [1.29, 1.82) is 0 Å². The van der Waals surface area contributed by atoms with Crippen LogP contribution in [0.5, 0.6) is 0 Å². The maximum atomic E-state index is 6.14. The molecule has 5 nitrogen and oxygen atoms in total. The van der Waals surface area contributed by atoms with E-state index in [1.165, 1.54) is 5.56 Å². The zero-order valence-electron chi connectivity index (χ0n) is 14.3. The predicted molar refractivity (Wildman–Crippen MR) is 99.8 cm³/mol. The fraction of sp³-hybridized carbons (Fsp3) is 0.316. The SMILES string of the molecule is Cc1cc(N2CC(C)OC(c3ccsc3)C2)nc(-c2ccccn2)n1. The van der Waals surface area contributed by atoms with Crippen molar-refractivity contribution in [1.82, 2.24) is 15.0 Å². The molecular weight excluding hydrogens is 332 g/mol. The average molecular weight is 352 g/mol. The Morgan fingerprint density at radius 2 is 2.12 bits per heavy atom. The number of nitrogens with zero attached hydrogens (tertiary/aromatic N) is 4. The molecular formula is C19H20N4OS. The van der Waals surface area contributed by atoms with Crippen molar-refractivity contribution in [2.75, 3.05) is 18.0 Å². The summed E-state index contributed by atoms with van der Waals surface area (Å²) in [5.41, 5.74) is 2.97. The molecule has 0 amide bonds. The first kappa shape index (κ1) is 16.2. The van der Waals surface area contributed by atoms with Gasteiger partial charge in [0.15, 0.2) is 5.82 Å². The number of ether oxygens (including phenoxy) is 1. The third-order valence-electron chi connectivity index (χ3n) is 4.23. The van der Waals surface area contributed by atoms with Crippen molar-refractivity contribution < 1.29 is 4.74 Å². The summed E-state index contributed by atoms with van der Waals surface area (Å²) in [6.45, 7) is 5.72. The summed E-state index contributed by atoms with van der Waals surface area (Å²) in [5, 5.41) is 4.25. The molecule has 6 heteroatoms. The highest BCUT2D eigenvalue weighted by atomic mass is 32.1. The number of rotatable bonds is 3. The second kappa shape index (κ2) is 6.90. The van der Waals surface area contributed by atoms with Gasteiger partial charge in [0.2, 0.25) is 0 Å². The van der Waals surface area contributed by atoms with Crippen LogP contribution >= 0.6 is 11.3 Å². The molecule has 25 heavy (non-hydrogen) atoms. The first-order valence-electron chi connectivity index (χ1n) is 8.38. The molecule has 1 fully saturated rings. The standard InChI is InChI=1S/C19H20N4OS/c1-13-9-18(22-19(21-13)16-5-3-4-7-20-16)23-10-14(2)24-17(11-23)15-6-8-25-12-15/h3-9,12,14,17H,10-11H2,1-2H3. The van der Waals surface area contributed by atoms with Gasteiger partial charge >= 0.3 is 0 Å². The minimum absolute atomic E-state index is 0.0728. The molecule has 0 bridgehead atoms. The van der Waals surface area contributed by atoms with Gasteiger partial charge in [-0.25, -0.2) is 9.97 Å². The van der Waals surface area contributed by atoms with Crippen molar-refractivity contribution in [3.63, 3.8) is 0 Å². The Morgan fingerprint density at radius 1 is 1.20 bits per heavy atom. The van der Waals surface area contributed by atoms with E-state index >= 15 is 0 Å². The Morgan fingerprint density at radius 3 is 2.88 bits per heavy atom. The molecule has 0 aliphatic carbocycles. The Balaban J connectivity index is 1.65. The lowest BCUT2D eigenvalue weighted by Gasteiger charge is -2.37. The van der Waals surface area contributed by atoms with Crippen LogP contribution < -0.4 is 4.90 Å². The quantitative estimate of drug-likeness (QED) is 0.716.